The predicted octanol–water partition coefficient (Wildman–Crippen LogP) is 2.27. The van der Waals surface area contributed by atoms with E-state index in [-0.39, 0.29) is 9.99 Å². The standard InChI is InChI=1S/C10H22O3SSi/c1-5-8-10(14-9(4)11)15(12-6-2)13-7-3/h10,15H,5-8H2,1-4H3. The van der Waals surface area contributed by atoms with Gasteiger partial charge in [-0.3, -0.25) is 4.79 Å². The van der Waals surface area contributed by atoms with Crippen molar-refractivity contribution >= 4 is 26.2 Å². The fourth-order valence-corrected chi connectivity index (χ4v) is 5.40. The largest absolute Gasteiger partial charge is 0.396 e. The van der Waals surface area contributed by atoms with Crippen LogP contribution in [0, 0.1) is 0 Å². The Kier molecular flexibility index (Phi) is 9.49. The van der Waals surface area contributed by atoms with Gasteiger partial charge in [0.2, 0.25) is 0 Å². The molecule has 0 amide bonds. The first-order valence-corrected chi connectivity index (χ1v) is 8.04. The van der Waals surface area contributed by atoms with Crippen LogP contribution in [-0.2, 0) is 13.6 Å². The van der Waals surface area contributed by atoms with Crippen molar-refractivity contribution in [1.29, 1.82) is 0 Å². The number of thioether (sulfide) groups is 1. The van der Waals surface area contributed by atoms with Gasteiger partial charge in [-0.1, -0.05) is 25.1 Å². The van der Waals surface area contributed by atoms with Crippen LogP contribution in [0.15, 0.2) is 0 Å². The molecule has 0 aromatic heterocycles. The molecule has 0 radical (unpaired) electrons. The number of hydrogen-bond donors (Lipinski definition) is 0. The molecule has 0 N–H and O–H groups in total. The van der Waals surface area contributed by atoms with E-state index in [0.717, 1.165) is 12.8 Å². The molecule has 15 heavy (non-hydrogen) atoms. The summed E-state index contributed by atoms with van der Waals surface area (Å²) in [6.07, 6.45) is 2.07. The lowest BCUT2D eigenvalue weighted by atomic mass is 10.4. The zero-order valence-corrected chi connectivity index (χ0v) is 12.1. The van der Waals surface area contributed by atoms with E-state index in [2.05, 4.69) is 6.92 Å². The molecule has 0 saturated heterocycles. The van der Waals surface area contributed by atoms with Crippen LogP contribution in [0.3, 0.4) is 0 Å². The Bertz CT molecular complexity index is 172. The normalized spacial score (nSPS) is 13.1. The lowest BCUT2D eigenvalue weighted by Gasteiger charge is -2.22. The highest BCUT2D eigenvalue weighted by molar-refractivity contribution is 8.15. The molecule has 5 heteroatoms. The topological polar surface area (TPSA) is 35.5 Å². The third-order valence-corrected chi connectivity index (χ3v) is 6.07. The van der Waals surface area contributed by atoms with Gasteiger partial charge in [0.1, 0.15) is 0 Å². The monoisotopic (exact) mass is 250 g/mol. The highest BCUT2D eigenvalue weighted by Gasteiger charge is 2.27. The Balaban J connectivity index is 4.28. The summed E-state index contributed by atoms with van der Waals surface area (Å²) >= 11 is 1.38. The molecule has 0 spiro atoms. The molecular formula is C10H22O3SSi. The van der Waals surface area contributed by atoms with Crippen LogP contribution in [0.25, 0.3) is 0 Å². The van der Waals surface area contributed by atoms with Crippen LogP contribution in [0.1, 0.15) is 40.5 Å². The average molecular weight is 250 g/mol. The molecule has 0 saturated carbocycles. The minimum atomic E-state index is -1.68. The molecule has 90 valence electrons. The van der Waals surface area contributed by atoms with Crippen LogP contribution < -0.4 is 0 Å². The average Bonchev–Trinajstić information content (AvgIpc) is 2.16. The van der Waals surface area contributed by atoms with E-state index >= 15 is 0 Å². The lowest BCUT2D eigenvalue weighted by molar-refractivity contribution is -0.109. The van der Waals surface area contributed by atoms with E-state index in [1.165, 1.54) is 11.8 Å². The first-order valence-electron chi connectivity index (χ1n) is 5.56. The van der Waals surface area contributed by atoms with Gasteiger partial charge in [-0.05, 0) is 20.3 Å². The molecule has 0 fully saturated rings. The first kappa shape index (κ1) is 15.2. The van der Waals surface area contributed by atoms with Gasteiger partial charge in [-0.15, -0.1) is 0 Å². The summed E-state index contributed by atoms with van der Waals surface area (Å²) in [4.78, 5) is 11.4. The number of hydrogen-bond acceptors (Lipinski definition) is 4. The smallest absolute Gasteiger partial charge is 0.335 e. The molecule has 0 aliphatic heterocycles. The summed E-state index contributed by atoms with van der Waals surface area (Å²) in [6.45, 7) is 9.03. The van der Waals surface area contributed by atoms with Gasteiger partial charge in [0.05, 0.1) is 4.87 Å². The van der Waals surface area contributed by atoms with Crippen LogP contribution in [0.2, 0.25) is 0 Å². The van der Waals surface area contributed by atoms with Gasteiger partial charge in [-0.2, -0.15) is 0 Å². The second kappa shape index (κ2) is 9.39. The molecule has 0 aliphatic rings. The highest BCUT2D eigenvalue weighted by Crippen LogP contribution is 2.21. The minimum Gasteiger partial charge on any atom is -0.396 e. The summed E-state index contributed by atoms with van der Waals surface area (Å²) in [6, 6.07) is 0. The highest BCUT2D eigenvalue weighted by atomic mass is 32.2. The summed E-state index contributed by atoms with van der Waals surface area (Å²) in [5.74, 6) is 0. The Morgan fingerprint density at radius 1 is 1.27 bits per heavy atom. The van der Waals surface area contributed by atoms with E-state index in [1.54, 1.807) is 6.92 Å². The summed E-state index contributed by atoms with van der Waals surface area (Å²) in [5, 5.41) is 0.158. The Morgan fingerprint density at radius 2 is 1.80 bits per heavy atom. The molecule has 0 aromatic carbocycles. The quantitative estimate of drug-likeness (QED) is 0.619. The first-order chi connectivity index (χ1) is 7.15. The molecule has 0 heterocycles. The van der Waals surface area contributed by atoms with Crippen LogP contribution in [0.4, 0.5) is 0 Å². The zero-order valence-electron chi connectivity index (χ0n) is 10.1. The van der Waals surface area contributed by atoms with Gasteiger partial charge in [0, 0.05) is 20.1 Å². The van der Waals surface area contributed by atoms with Crippen LogP contribution >= 0.6 is 11.8 Å². The maximum atomic E-state index is 11.1. The Hall–Kier alpha value is 0.157. The fourth-order valence-electron chi connectivity index (χ4n) is 1.34. The number of carbonyl (C=O) groups excluding carboxylic acids is 1. The summed E-state index contributed by atoms with van der Waals surface area (Å²) in [7, 11) is -1.68. The van der Waals surface area contributed by atoms with Crippen molar-refractivity contribution in [3.05, 3.63) is 0 Å². The van der Waals surface area contributed by atoms with Crippen molar-refractivity contribution < 1.29 is 13.6 Å². The second-order valence-electron chi connectivity index (χ2n) is 3.22. The zero-order chi connectivity index (χ0) is 11.7. The lowest BCUT2D eigenvalue weighted by Crippen LogP contribution is -2.36. The minimum absolute atomic E-state index is 0.158. The predicted molar refractivity (Wildman–Crippen MR) is 67.4 cm³/mol. The molecule has 1 atom stereocenters. The van der Waals surface area contributed by atoms with Crippen molar-refractivity contribution in [1.82, 2.24) is 0 Å². The van der Waals surface area contributed by atoms with Gasteiger partial charge in [0.15, 0.2) is 5.12 Å². The fraction of sp³-hybridized carbons (Fsp3) is 0.900. The van der Waals surface area contributed by atoms with Gasteiger partial charge in [-0.25, -0.2) is 0 Å². The molecule has 1 unspecified atom stereocenters. The van der Waals surface area contributed by atoms with Gasteiger partial charge >= 0.3 is 9.28 Å². The molecule has 0 bridgehead atoms. The molecule has 0 aliphatic carbocycles. The van der Waals surface area contributed by atoms with Crippen molar-refractivity contribution in [3.63, 3.8) is 0 Å². The maximum absolute atomic E-state index is 11.1. The SMILES string of the molecule is CCCC(SC(C)=O)[SiH](OCC)OCC. The third-order valence-electron chi connectivity index (χ3n) is 1.86. The maximum Gasteiger partial charge on any atom is 0.335 e. The third kappa shape index (κ3) is 7.11. The van der Waals surface area contributed by atoms with Crippen molar-refractivity contribution in [2.45, 2.75) is 45.4 Å². The van der Waals surface area contributed by atoms with E-state index in [9.17, 15) is 4.79 Å². The summed E-state index contributed by atoms with van der Waals surface area (Å²) < 4.78 is 11.3. The Labute approximate surface area is 98.8 Å². The van der Waals surface area contributed by atoms with Crippen molar-refractivity contribution in [2.24, 2.45) is 0 Å². The summed E-state index contributed by atoms with van der Waals surface area (Å²) in [5.41, 5.74) is 0. The van der Waals surface area contributed by atoms with Crippen LogP contribution in [0.5, 0.6) is 0 Å². The van der Waals surface area contributed by atoms with Gasteiger partial charge < -0.3 is 8.85 Å². The van der Waals surface area contributed by atoms with Gasteiger partial charge in [0.25, 0.3) is 0 Å². The number of carbonyl (C=O) groups is 1. The van der Waals surface area contributed by atoms with Crippen molar-refractivity contribution in [2.75, 3.05) is 13.2 Å². The van der Waals surface area contributed by atoms with Crippen molar-refractivity contribution in [3.8, 4) is 0 Å². The number of rotatable bonds is 8. The molecule has 0 rings (SSSR count). The second-order valence-corrected chi connectivity index (χ2v) is 7.32. The molecular weight excluding hydrogens is 228 g/mol. The molecule has 0 aromatic rings. The molecule has 3 nitrogen and oxygen atoms in total. The van der Waals surface area contributed by atoms with E-state index in [0.29, 0.717) is 13.2 Å². The Morgan fingerprint density at radius 3 is 2.13 bits per heavy atom. The van der Waals surface area contributed by atoms with E-state index in [4.69, 9.17) is 8.85 Å². The van der Waals surface area contributed by atoms with E-state index < -0.39 is 9.28 Å². The van der Waals surface area contributed by atoms with Crippen LogP contribution in [-0.4, -0.2) is 32.5 Å². The van der Waals surface area contributed by atoms with E-state index in [1.807, 2.05) is 13.8 Å².